The molecule has 7 heteroatoms. The molecule has 2 saturated heterocycles. The second kappa shape index (κ2) is 6.85. The van der Waals surface area contributed by atoms with Crippen LogP contribution in [0.3, 0.4) is 0 Å². The predicted octanol–water partition coefficient (Wildman–Crippen LogP) is 1.64. The first-order valence-corrected chi connectivity index (χ1v) is 9.09. The van der Waals surface area contributed by atoms with Crippen molar-refractivity contribution in [2.24, 2.45) is 11.7 Å². The molecule has 2 heterocycles. The topological polar surface area (TPSA) is 92.9 Å². The van der Waals surface area contributed by atoms with E-state index >= 15 is 0 Å². The first kappa shape index (κ1) is 18.3. The summed E-state index contributed by atoms with van der Waals surface area (Å²) in [5, 5.41) is 1.38. The Kier molecular flexibility index (Phi) is 4.49. The number of hydrogen-bond donors (Lipinski definition) is 1. The zero-order chi connectivity index (χ0) is 20.0. The lowest BCUT2D eigenvalue weighted by atomic mass is 9.89. The van der Waals surface area contributed by atoms with Gasteiger partial charge in [0.05, 0.1) is 17.6 Å². The van der Waals surface area contributed by atoms with Gasteiger partial charge in [-0.15, -0.1) is 0 Å². The van der Waals surface area contributed by atoms with Gasteiger partial charge >= 0.3 is 0 Å². The number of hydroxylamine groups is 2. The van der Waals surface area contributed by atoms with E-state index in [-0.39, 0.29) is 12.5 Å². The van der Waals surface area contributed by atoms with Crippen LogP contribution in [0.5, 0.6) is 0 Å². The Bertz CT molecular complexity index is 939. The molecular weight excluding hydrogens is 358 g/mol. The zero-order valence-electron chi connectivity index (χ0n) is 15.7. The Morgan fingerprint density at radius 2 is 1.68 bits per heavy atom. The van der Waals surface area contributed by atoms with E-state index in [1.54, 1.807) is 24.3 Å². The minimum atomic E-state index is -0.974. The molecule has 0 aromatic heterocycles. The molecule has 0 aliphatic carbocycles. The highest BCUT2D eigenvalue weighted by Crippen LogP contribution is 2.45. The SMILES string of the molecule is Cc1cc(C)cc(C2C3C(=O)N(c4ccccc4)C(=O)C3ON2CC(N)=O)c1. The summed E-state index contributed by atoms with van der Waals surface area (Å²) in [6, 6.07) is 14.1. The first-order valence-electron chi connectivity index (χ1n) is 9.09. The van der Waals surface area contributed by atoms with Crippen molar-refractivity contribution in [1.29, 1.82) is 0 Å². The summed E-state index contributed by atoms with van der Waals surface area (Å²) in [5.41, 5.74) is 8.75. The molecule has 2 N–H and O–H groups in total. The van der Waals surface area contributed by atoms with Gasteiger partial charge in [0.2, 0.25) is 11.8 Å². The third-order valence-electron chi connectivity index (χ3n) is 5.11. The van der Waals surface area contributed by atoms with Gasteiger partial charge in [0.15, 0.2) is 6.10 Å². The van der Waals surface area contributed by atoms with Crippen LogP contribution in [0.25, 0.3) is 0 Å². The van der Waals surface area contributed by atoms with Crippen LogP contribution < -0.4 is 10.6 Å². The highest BCUT2D eigenvalue weighted by Gasteiger charge is 2.60. The second-order valence-electron chi connectivity index (χ2n) is 7.31. The third-order valence-corrected chi connectivity index (χ3v) is 5.11. The van der Waals surface area contributed by atoms with Crippen LogP contribution in [0.1, 0.15) is 22.7 Å². The molecule has 3 atom stereocenters. The van der Waals surface area contributed by atoms with Gasteiger partial charge in [-0.2, -0.15) is 5.06 Å². The number of carbonyl (C=O) groups excluding carboxylic acids is 3. The van der Waals surface area contributed by atoms with Gasteiger partial charge in [0, 0.05) is 0 Å². The summed E-state index contributed by atoms with van der Waals surface area (Å²) in [4.78, 5) is 44.8. The van der Waals surface area contributed by atoms with Crippen molar-refractivity contribution in [1.82, 2.24) is 5.06 Å². The number of nitrogens with two attached hydrogens (primary N) is 1. The maximum atomic E-state index is 13.3. The number of benzene rings is 2. The Morgan fingerprint density at radius 3 is 2.29 bits per heavy atom. The summed E-state index contributed by atoms with van der Waals surface area (Å²) in [6.45, 7) is 3.72. The lowest BCUT2D eigenvalue weighted by Gasteiger charge is -2.26. The molecule has 144 valence electrons. The lowest BCUT2D eigenvalue weighted by Crippen LogP contribution is -2.40. The van der Waals surface area contributed by atoms with E-state index in [1.807, 2.05) is 38.1 Å². The van der Waals surface area contributed by atoms with Crippen LogP contribution in [-0.4, -0.2) is 35.4 Å². The van der Waals surface area contributed by atoms with Crippen LogP contribution in [0, 0.1) is 19.8 Å². The molecular formula is C21H21N3O4. The summed E-state index contributed by atoms with van der Waals surface area (Å²) >= 11 is 0. The maximum Gasteiger partial charge on any atom is 0.265 e. The Labute approximate surface area is 162 Å². The number of fused-ring (bicyclic) bond motifs is 1. The van der Waals surface area contributed by atoms with Gasteiger partial charge in [-0.3, -0.25) is 19.2 Å². The van der Waals surface area contributed by atoms with E-state index in [1.165, 1.54) is 9.96 Å². The van der Waals surface area contributed by atoms with E-state index < -0.39 is 29.9 Å². The van der Waals surface area contributed by atoms with Crippen LogP contribution >= 0.6 is 0 Å². The number of imide groups is 1. The smallest absolute Gasteiger partial charge is 0.265 e. The molecule has 2 aromatic rings. The average molecular weight is 379 g/mol. The molecule has 3 amide bonds. The molecule has 3 unspecified atom stereocenters. The molecule has 0 radical (unpaired) electrons. The van der Waals surface area contributed by atoms with Gasteiger partial charge in [0.25, 0.3) is 5.91 Å². The van der Waals surface area contributed by atoms with Gasteiger partial charge in [-0.25, -0.2) is 4.90 Å². The molecule has 28 heavy (non-hydrogen) atoms. The van der Waals surface area contributed by atoms with E-state index in [0.717, 1.165) is 16.7 Å². The number of aryl methyl sites for hydroxylation is 2. The van der Waals surface area contributed by atoms with Crippen LogP contribution in [0.15, 0.2) is 48.5 Å². The minimum absolute atomic E-state index is 0.198. The summed E-state index contributed by atoms with van der Waals surface area (Å²) < 4.78 is 0. The maximum absolute atomic E-state index is 13.3. The van der Waals surface area contributed by atoms with E-state index in [0.29, 0.717) is 5.69 Å². The van der Waals surface area contributed by atoms with Crippen molar-refractivity contribution in [3.63, 3.8) is 0 Å². The molecule has 2 fully saturated rings. The number of para-hydroxylation sites is 1. The molecule has 7 nitrogen and oxygen atoms in total. The molecule has 0 saturated carbocycles. The van der Waals surface area contributed by atoms with Crippen molar-refractivity contribution in [3.05, 3.63) is 65.2 Å². The molecule has 2 aliphatic heterocycles. The van der Waals surface area contributed by atoms with E-state index in [2.05, 4.69) is 0 Å². The number of amides is 3. The van der Waals surface area contributed by atoms with Crippen molar-refractivity contribution in [2.75, 3.05) is 11.4 Å². The second-order valence-corrected chi connectivity index (χ2v) is 7.31. The fourth-order valence-electron chi connectivity index (χ4n) is 4.14. The Hall–Kier alpha value is -3.03. The first-order chi connectivity index (χ1) is 13.4. The van der Waals surface area contributed by atoms with Gasteiger partial charge in [0.1, 0.15) is 6.54 Å². The van der Waals surface area contributed by atoms with Crippen LogP contribution in [0.4, 0.5) is 5.69 Å². The van der Waals surface area contributed by atoms with Crippen molar-refractivity contribution in [3.8, 4) is 0 Å². The summed E-state index contributed by atoms with van der Waals surface area (Å²) in [7, 11) is 0. The summed E-state index contributed by atoms with van der Waals surface area (Å²) in [6.07, 6.45) is -0.974. The molecule has 4 rings (SSSR count). The number of nitrogens with zero attached hydrogens (tertiary/aromatic N) is 2. The Morgan fingerprint density at radius 1 is 1.04 bits per heavy atom. The summed E-state index contributed by atoms with van der Waals surface area (Å²) in [5.74, 6) is -2.10. The Balaban J connectivity index is 1.77. The normalized spacial score (nSPS) is 24.6. The van der Waals surface area contributed by atoms with Crippen molar-refractivity contribution < 1.29 is 19.2 Å². The number of hydrogen-bond acceptors (Lipinski definition) is 5. The van der Waals surface area contributed by atoms with Crippen LogP contribution in [-0.2, 0) is 19.2 Å². The monoisotopic (exact) mass is 379 g/mol. The van der Waals surface area contributed by atoms with Gasteiger partial charge in [-0.05, 0) is 31.5 Å². The number of anilines is 1. The number of primary amides is 1. The quantitative estimate of drug-likeness (QED) is 0.815. The minimum Gasteiger partial charge on any atom is -0.368 e. The van der Waals surface area contributed by atoms with Crippen LogP contribution in [0.2, 0.25) is 0 Å². The largest absolute Gasteiger partial charge is 0.368 e. The highest BCUT2D eigenvalue weighted by atomic mass is 16.7. The van der Waals surface area contributed by atoms with E-state index in [4.69, 9.17) is 10.6 Å². The standard InChI is InChI=1S/C21H21N3O4/c1-12-8-13(2)10-14(9-12)18-17-19(28-23(18)11-16(22)25)21(27)24(20(17)26)15-6-4-3-5-7-15/h3-10,17-19H,11H2,1-2H3,(H2,22,25). The average Bonchev–Trinajstić information content (AvgIpc) is 3.10. The molecule has 0 bridgehead atoms. The molecule has 0 spiro atoms. The van der Waals surface area contributed by atoms with Gasteiger partial charge in [-0.1, -0.05) is 47.5 Å². The highest BCUT2D eigenvalue weighted by molar-refractivity contribution is 6.23. The third kappa shape index (κ3) is 2.98. The van der Waals surface area contributed by atoms with Gasteiger partial charge < -0.3 is 5.73 Å². The number of carbonyl (C=O) groups is 3. The van der Waals surface area contributed by atoms with Crippen molar-refractivity contribution >= 4 is 23.4 Å². The fraction of sp³-hybridized carbons (Fsp3) is 0.286. The predicted molar refractivity (Wildman–Crippen MR) is 102 cm³/mol. The van der Waals surface area contributed by atoms with E-state index in [9.17, 15) is 14.4 Å². The number of rotatable bonds is 4. The van der Waals surface area contributed by atoms with Crippen molar-refractivity contribution in [2.45, 2.75) is 26.0 Å². The lowest BCUT2D eigenvalue weighted by molar-refractivity contribution is -0.175. The zero-order valence-corrected chi connectivity index (χ0v) is 15.7. The molecule has 2 aromatic carbocycles. The fourth-order valence-corrected chi connectivity index (χ4v) is 4.14. The molecule has 2 aliphatic rings.